The molecule has 3 unspecified atom stereocenters. The van der Waals surface area contributed by atoms with Gasteiger partial charge in [-0.05, 0) is 38.3 Å². The number of nitro benzene ring substituents is 1. The van der Waals surface area contributed by atoms with E-state index in [2.05, 4.69) is 16.0 Å². The van der Waals surface area contributed by atoms with Gasteiger partial charge in [0.05, 0.1) is 10.5 Å². The highest BCUT2D eigenvalue weighted by Crippen LogP contribution is 2.28. The highest BCUT2D eigenvalue weighted by atomic mass is 32.2. The van der Waals surface area contributed by atoms with Gasteiger partial charge in [0.15, 0.2) is 0 Å². The Bertz CT molecular complexity index is 1040. The summed E-state index contributed by atoms with van der Waals surface area (Å²) >= 11 is 0.959. The first kappa shape index (κ1) is 28.5. The number of nitro groups is 1. The number of nitrogens with zero attached hydrogens (tertiary/aromatic N) is 1. The number of thioether (sulfide) groups is 1. The smallest absolute Gasteiger partial charge is 0.303 e. The minimum atomic E-state index is -1.36. The van der Waals surface area contributed by atoms with Crippen LogP contribution in [-0.4, -0.2) is 70.1 Å². The molecular weight excluding hydrogens is 496 g/mol. The molecule has 0 radical (unpaired) electrons. The first-order chi connectivity index (χ1) is 17.0. The Balaban J connectivity index is 2.50. The molecule has 8 N–H and O–H groups in total. The van der Waals surface area contributed by atoms with E-state index < -0.39 is 59.1 Å². The molecule has 0 saturated carbocycles. The molecule has 0 aliphatic carbocycles. The standard InChI is InChI=1S/C21H28N6O8S/c22-8-2-1-3-13-20(32)26-15(18(23)30)10-36-16-6-4-11(27(34)35)9-12(16)19(31)24-14(21(33)25-13)5-7-17(28)29/h4,6,9,13-15H,1-3,5,7-8,10,22H2,(H2,23,30)(H,24,31)(H,25,33)(H,26,32)(H,28,29). The summed E-state index contributed by atoms with van der Waals surface area (Å²) in [6.45, 7) is 0.352. The van der Waals surface area contributed by atoms with Crippen LogP contribution in [0.1, 0.15) is 42.5 Å². The van der Waals surface area contributed by atoms with Crippen molar-refractivity contribution in [3.63, 3.8) is 0 Å². The van der Waals surface area contributed by atoms with Crippen LogP contribution in [0.25, 0.3) is 0 Å². The van der Waals surface area contributed by atoms with Gasteiger partial charge in [-0.1, -0.05) is 0 Å². The van der Waals surface area contributed by atoms with E-state index in [1.165, 1.54) is 6.07 Å². The first-order valence-electron chi connectivity index (χ1n) is 11.1. The highest BCUT2D eigenvalue weighted by Gasteiger charge is 2.31. The molecule has 4 amide bonds. The Morgan fingerprint density at radius 2 is 1.75 bits per heavy atom. The van der Waals surface area contributed by atoms with E-state index in [9.17, 15) is 34.1 Å². The van der Waals surface area contributed by atoms with Crippen LogP contribution < -0.4 is 27.4 Å². The molecule has 0 bridgehead atoms. The zero-order valence-electron chi connectivity index (χ0n) is 19.2. The molecule has 1 aromatic rings. The molecule has 15 heteroatoms. The molecule has 3 atom stereocenters. The Kier molecular flexibility index (Phi) is 10.6. The number of hydrogen-bond donors (Lipinski definition) is 6. The average Bonchev–Trinajstić information content (AvgIpc) is 2.82. The summed E-state index contributed by atoms with van der Waals surface area (Å²) in [6, 6.07) is -0.161. The second-order valence-corrected chi connectivity index (χ2v) is 9.08. The summed E-state index contributed by atoms with van der Waals surface area (Å²) in [5, 5.41) is 27.8. The van der Waals surface area contributed by atoms with Crippen molar-refractivity contribution in [1.82, 2.24) is 16.0 Å². The maximum absolute atomic E-state index is 13.1. The number of carboxylic acids is 1. The lowest BCUT2D eigenvalue weighted by Gasteiger charge is -2.24. The SMILES string of the molecule is NCCCCC1NC(=O)C(CCC(=O)O)NC(=O)c2cc([N+](=O)[O-])ccc2SCC(C(N)=O)NC1=O. The molecule has 0 aromatic heterocycles. The van der Waals surface area contributed by atoms with E-state index in [1.807, 2.05) is 0 Å². The van der Waals surface area contributed by atoms with Crippen molar-refractivity contribution in [3.8, 4) is 0 Å². The molecule has 1 heterocycles. The number of rotatable bonds is 9. The van der Waals surface area contributed by atoms with Gasteiger partial charge in [0.2, 0.25) is 17.7 Å². The molecule has 0 spiro atoms. The third-order valence-corrected chi connectivity index (χ3v) is 6.50. The third-order valence-electron chi connectivity index (χ3n) is 5.33. The van der Waals surface area contributed by atoms with Crippen LogP contribution in [0, 0.1) is 10.1 Å². The number of carboxylic acid groups (broad SMARTS) is 1. The van der Waals surface area contributed by atoms with Gasteiger partial charge in [0.25, 0.3) is 11.6 Å². The Morgan fingerprint density at radius 1 is 1.08 bits per heavy atom. The summed E-state index contributed by atoms with van der Waals surface area (Å²) < 4.78 is 0. The Hall–Kier alpha value is -3.72. The molecule has 1 aliphatic heterocycles. The fourth-order valence-corrected chi connectivity index (χ4v) is 4.45. The normalized spacial score (nSPS) is 20.9. The number of nitrogens with one attached hydrogen (secondary N) is 3. The summed E-state index contributed by atoms with van der Waals surface area (Å²) in [4.78, 5) is 73.0. The van der Waals surface area contributed by atoms with Crippen molar-refractivity contribution in [2.75, 3.05) is 12.3 Å². The quantitative estimate of drug-likeness (QED) is 0.134. The summed E-state index contributed by atoms with van der Waals surface area (Å²) in [5.74, 6) is -4.53. The molecule has 196 valence electrons. The van der Waals surface area contributed by atoms with Gasteiger partial charge in [0, 0.05) is 29.2 Å². The Morgan fingerprint density at radius 3 is 2.36 bits per heavy atom. The summed E-state index contributed by atoms with van der Waals surface area (Å²) in [7, 11) is 0. The first-order valence-corrected chi connectivity index (χ1v) is 12.1. The largest absolute Gasteiger partial charge is 0.481 e. The molecule has 1 aliphatic rings. The molecule has 0 saturated heterocycles. The maximum atomic E-state index is 13.1. The van der Waals surface area contributed by atoms with E-state index in [0.29, 0.717) is 19.4 Å². The van der Waals surface area contributed by atoms with Crippen molar-refractivity contribution in [2.24, 2.45) is 11.5 Å². The van der Waals surface area contributed by atoms with Crippen molar-refractivity contribution in [3.05, 3.63) is 33.9 Å². The van der Waals surface area contributed by atoms with Gasteiger partial charge in [-0.3, -0.25) is 34.1 Å². The third kappa shape index (κ3) is 8.20. The number of amides is 4. The van der Waals surface area contributed by atoms with Crippen LogP contribution >= 0.6 is 11.8 Å². The maximum Gasteiger partial charge on any atom is 0.303 e. The number of primary amides is 1. The van der Waals surface area contributed by atoms with Crippen LogP contribution in [0.2, 0.25) is 0 Å². The zero-order chi connectivity index (χ0) is 26.8. The zero-order valence-corrected chi connectivity index (χ0v) is 20.0. The summed E-state index contributed by atoms with van der Waals surface area (Å²) in [6.07, 6.45) is 0.418. The molecule has 0 fully saturated rings. The van der Waals surface area contributed by atoms with E-state index in [0.717, 1.165) is 23.9 Å². The summed E-state index contributed by atoms with van der Waals surface area (Å²) in [5.41, 5.74) is 10.4. The number of non-ortho nitro benzene ring substituents is 1. The van der Waals surface area contributed by atoms with Crippen LogP contribution in [-0.2, 0) is 19.2 Å². The predicted molar refractivity (Wildman–Crippen MR) is 128 cm³/mol. The van der Waals surface area contributed by atoms with Crippen LogP contribution in [0.15, 0.2) is 23.1 Å². The average molecular weight is 525 g/mol. The lowest BCUT2D eigenvalue weighted by atomic mass is 10.1. The van der Waals surface area contributed by atoms with Crippen molar-refractivity contribution in [1.29, 1.82) is 0 Å². The monoisotopic (exact) mass is 524 g/mol. The fraction of sp³-hybridized carbons (Fsp3) is 0.476. The van der Waals surface area contributed by atoms with E-state index in [4.69, 9.17) is 16.6 Å². The van der Waals surface area contributed by atoms with Crippen molar-refractivity contribution < 1.29 is 34.0 Å². The second kappa shape index (κ2) is 13.4. The number of aliphatic carboxylic acids is 1. The molecule has 14 nitrogen and oxygen atoms in total. The van der Waals surface area contributed by atoms with Gasteiger partial charge in [0.1, 0.15) is 18.1 Å². The van der Waals surface area contributed by atoms with Gasteiger partial charge >= 0.3 is 5.97 Å². The molecule has 36 heavy (non-hydrogen) atoms. The van der Waals surface area contributed by atoms with Crippen LogP contribution in [0.3, 0.4) is 0 Å². The van der Waals surface area contributed by atoms with E-state index >= 15 is 0 Å². The van der Waals surface area contributed by atoms with Gasteiger partial charge in [-0.2, -0.15) is 0 Å². The number of carbonyl (C=O) groups excluding carboxylic acids is 4. The fourth-order valence-electron chi connectivity index (χ4n) is 3.38. The van der Waals surface area contributed by atoms with E-state index in [-0.39, 0.29) is 34.7 Å². The van der Waals surface area contributed by atoms with Gasteiger partial charge in [-0.25, -0.2) is 0 Å². The minimum Gasteiger partial charge on any atom is -0.481 e. The van der Waals surface area contributed by atoms with Crippen LogP contribution in [0.5, 0.6) is 0 Å². The molecule has 1 aromatic carbocycles. The number of nitrogens with two attached hydrogens (primary N) is 2. The topological polar surface area (TPSA) is 237 Å². The van der Waals surface area contributed by atoms with Crippen LogP contribution in [0.4, 0.5) is 5.69 Å². The highest BCUT2D eigenvalue weighted by molar-refractivity contribution is 7.99. The lowest BCUT2D eigenvalue weighted by Crippen LogP contribution is -2.56. The van der Waals surface area contributed by atoms with Gasteiger partial charge < -0.3 is 32.5 Å². The Labute approximate surface area is 210 Å². The predicted octanol–water partition coefficient (Wildman–Crippen LogP) is -0.752. The number of unbranched alkanes of at least 4 members (excludes halogenated alkanes) is 1. The molecular formula is C21H28N6O8S. The van der Waals surface area contributed by atoms with Crippen molar-refractivity contribution in [2.45, 2.75) is 55.1 Å². The number of hydrogen-bond acceptors (Lipinski definition) is 9. The number of fused-ring (bicyclic) bond motifs is 1. The van der Waals surface area contributed by atoms with Gasteiger partial charge in [-0.15, -0.1) is 11.8 Å². The molecule has 2 rings (SSSR count). The van der Waals surface area contributed by atoms with E-state index in [1.54, 1.807) is 0 Å². The van der Waals surface area contributed by atoms with Crippen molar-refractivity contribution >= 4 is 47.0 Å². The number of carbonyl (C=O) groups is 5. The lowest BCUT2D eigenvalue weighted by molar-refractivity contribution is -0.384. The number of benzene rings is 1. The minimum absolute atomic E-state index is 0.0922. The second-order valence-electron chi connectivity index (χ2n) is 8.02.